The molecule has 1 N–H and O–H groups in total. The molecule has 1 amide bonds. The highest BCUT2D eigenvalue weighted by Crippen LogP contribution is 2.24. The van der Waals surface area contributed by atoms with E-state index in [2.05, 4.69) is 15.0 Å². The number of amides is 1. The SMILES string of the molecule is Cc1ccc2nc3c(cc(C(=O)Nc4ccc(OC(F)(F)F)cc4)n3C)c(=O)n2c1. The second-order valence-corrected chi connectivity index (χ2v) is 6.70. The number of hydrogen-bond acceptors (Lipinski definition) is 4. The molecule has 7 nitrogen and oxygen atoms in total. The Morgan fingerprint density at radius 3 is 2.50 bits per heavy atom. The van der Waals surface area contributed by atoms with E-state index in [0.717, 1.165) is 17.7 Å². The highest BCUT2D eigenvalue weighted by molar-refractivity contribution is 6.06. The molecule has 30 heavy (non-hydrogen) atoms. The maximum atomic E-state index is 12.8. The second-order valence-electron chi connectivity index (χ2n) is 6.70. The first-order valence-electron chi connectivity index (χ1n) is 8.78. The highest BCUT2D eigenvalue weighted by Gasteiger charge is 2.31. The molecule has 1 aromatic carbocycles. The molecule has 3 heterocycles. The van der Waals surface area contributed by atoms with Crippen LogP contribution in [0, 0.1) is 6.92 Å². The number of benzene rings is 1. The number of pyridine rings is 1. The molecule has 0 aliphatic rings. The lowest BCUT2D eigenvalue weighted by molar-refractivity contribution is -0.274. The van der Waals surface area contributed by atoms with E-state index in [4.69, 9.17) is 0 Å². The molecule has 0 fully saturated rings. The lowest BCUT2D eigenvalue weighted by Gasteiger charge is -2.10. The van der Waals surface area contributed by atoms with Crippen molar-refractivity contribution in [2.45, 2.75) is 13.3 Å². The molecule has 0 bridgehead atoms. The van der Waals surface area contributed by atoms with Crippen LogP contribution in [-0.2, 0) is 7.05 Å². The smallest absolute Gasteiger partial charge is 0.406 e. The molecular formula is C20H15F3N4O3. The van der Waals surface area contributed by atoms with Crippen molar-refractivity contribution in [2.24, 2.45) is 7.05 Å². The van der Waals surface area contributed by atoms with Gasteiger partial charge in [-0.25, -0.2) is 4.98 Å². The number of anilines is 1. The van der Waals surface area contributed by atoms with E-state index in [1.54, 1.807) is 19.3 Å². The van der Waals surface area contributed by atoms with Crippen LogP contribution >= 0.6 is 0 Å². The molecule has 0 atom stereocenters. The molecule has 0 radical (unpaired) electrons. The number of fused-ring (bicyclic) bond motifs is 2. The number of nitrogens with zero attached hydrogens (tertiary/aromatic N) is 3. The summed E-state index contributed by atoms with van der Waals surface area (Å²) in [5.74, 6) is -0.936. The molecule has 0 aliphatic heterocycles. The number of nitrogens with one attached hydrogen (secondary N) is 1. The maximum absolute atomic E-state index is 12.8. The Labute approximate surface area is 167 Å². The van der Waals surface area contributed by atoms with Crippen molar-refractivity contribution in [3.8, 4) is 5.75 Å². The van der Waals surface area contributed by atoms with Gasteiger partial charge < -0.3 is 14.6 Å². The standard InChI is InChI=1S/C20H15F3N4O3/c1-11-3-8-16-25-17-14(19(29)27(16)10-11)9-15(26(17)2)18(28)24-12-4-6-13(7-5-12)30-20(21,22)23/h3-10H,1-2H3,(H,24,28). The normalized spacial score (nSPS) is 11.8. The maximum Gasteiger partial charge on any atom is 0.573 e. The lowest BCUT2D eigenvalue weighted by atomic mass is 10.2. The third kappa shape index (κ3) is 3.59. The number of aryl methyl sites for hydroxylation is 2. The van der Waals surface area contributed by atoms with Crippen molar-refractivity contribution >= 4 is 28.3 Å². The van der Waals surface area contributed by atoms with E-state index in [-0.39, 0.29) is 22.3 Å². The minimum absolute atomic E-state index is 0.179. The molecule has 4 rings (SSSR count). The van der Waals surface area contributed by atoms with Gasteiger partial charge in [-0.2, -0.15) is 0 Å². The molecular weight excluding hydrogens is 401 g/mol. The van der Waals surface area contributed by atoms with Gasteiger partial charge in [0.05, 0.1) is 5.39 Å². The number of hydrogen-bond donors (Lipinski definition) is 1. The summed E-state index contributed by atoms with van der Waals surface area (Å²) in [6.45, 7) is 1.85. The second kappa shape index (κ2) is 6.90. The van der Waals surface area contributed by atoms with E-state index in [0.29, 0.717) is 11.3 Å². The Morgan fingerprint density at radius 1 is 1.13 bits per heavy atom. The van der Waals surface area contributed by atoms with Crippen molar-refractivity contribution in [1.82, 2.24) is 14.0 Å². The minimum atomic E-state index is -4.79. The summed E-state index contributed by atoms with van der Waals surface area (Å²) in [5.41, 5.74) is 1.83. The first-order valence-corrected chi connectivity index (χ1v) is 8.78. The van der Waals surface area contributed by atoms with Gasteiger partial charge >= 0.3 is 6.36 Å². The fourth-order valence-corrected chi connectivity index (χ4v) is 3.13. The molecule has 4 aromatic rings. The molecule has 154 valence electrons. The fraction of sp³-hybridized carbons (Fsp3) is 0.150. The van der Waals surface area contributed by atoms with Gasteiger partial charge in [-0.05, 0) is 48.9 Å². The molecule has 0 aliphatic carbocycles. The topological polar surface area (TPSA) is 77.6 Å². The van der Waals surface area contributed by atoms with Gasteiger partial charge in [0, 0.05) is 18.9 Å². The van der Waals surface area contributed by atoms with Crippen LogP contribution in [0.1, 0.15) is 16.1 Å². The molecule has 3 aromatic heterocycles. The third-order valence-electron chi connectivity index (χ3n) is 4.52. The summed E-state index contributed by atoms with van der Waals surface area (Å²) in [6, 6.07) is 9.73. The van der Waals surface area contributed by atoms with E-state index in [9.17, 15) is 22.8 Å². The number of ether oxygens (including phenoxy) is 1. The van der Waals surface area contributed by atoms with Crippen molar-refractivity contribution < 1.29 is 22.7 Å². The van der Waals surface area contributed by atoms with Crippen LogP contribution in [0.5, 0.6) is 5.75 Å². The van der Waals surface area contributed by atoms with Crippen LogP contribution in [0.15, 0.2) is 53.5 Å². The number of carbonyl (C=O) groups is 1. The number of alkyl halides is 3. The average molecular weight is 416 g/mol. The lowest BCUT2D eigenvalue weighted by Crippen LogP contribution is -2.17. The number of aromatic nitrogens is 3. The van der Waals surface area contributed by atoms with Crippen LogP contribution in [0.2, 0.25) is 0 Å². The number of carbonyl (C=O) groups excluding carboxylic acids is 1. The zero-order valence-electron chi connectivity index (χ0n) is 15.8. The van der Waals surface area contributed by atoms with Gasteiger partial charge in [-0.3, -0.25) is 14.0 Å². The van der Waals surface area contributed by atoms with Gasteiger partial charge in [0.1, 0.15) is 22.7 Å². The van der Waals surface area contributed by atoms with Crippen molar-refractivity contribution in [3.63, 3.8) is 0 Å². The Bertz CT molecular complexity index is 1340. The Kier molecular flexibility index (Phi) is 4.49. The van der Waals surface area contributed by atoms with Crippen LogP contribution in [-0.4, -0.2) is 26.2 Å². The summed E-state index contributed by atoms with van der Waals surface area (Å²) in [7, 11) is 1.61. The van der Waals surface area contributed by atoms with E-state index < -0.39 is 18.0 Å². The molecule has 0 unspecified atom stereocenters. The average Bonchev–Trinajstić information content (AvgIpc) is 3.00. The number of rotatable bonds is 3. The Hall–Kier alpha value is -3.82. The quantitative estimate of drug-likeness (QED) is 0.553. The summed E-state index contributed by atoms with van der Waals surface area (Å²) in [5, 5.41) is 2.86. The Balaban J connectivity index is 1.66. The summed E-state index contributed by atoms with van der Waals surface area (Å²) in [6.07, 6.45) is -3.13. The molecule has 0 saturated carbocycles. The van der Waals surface area contributed by atoms with Gasteiger partial charge in [-0.1, -0.05) is 6.07 Å². The first kappa shape index (κ1) is 19.5. The van der Waals surface area contributed by atoms with Gasteiger partial charge in [0.2, 0.25) is 0 Å². The van der Waals surface area contributed by atoms with Crippen LogP contribution < -0.4 is 15.6 Å². The highest BCUT2D eigenvalue weighted by atomic mass is 19.4. The fourth-order valence-electron chi connectivity index (χ4n) is 3.13. The van der Waals surface area contributed by atoms with Gasteiger partial charge in [0.25, 0.3) is 11.5 Å². The van der Waals surface area contributed by atoms with Crippen molar-refractivity contribution in [1.29, 1.82) is 0 Å². The molecule has 0 saturated heterocycles. The van der Waals surface area contributed by atoms with Gasteiger partial charge in [-0.15, -0.1) is 13.2 Å². The van der Waals surface area contributed by atoms with E-state index in [1.165, 1.54) is 27.2 Å². The predicted molar refractivity (Wildman–Crippen MR) is 104 cm³/mol. The van der Waals surface area contributed by atoms with Crippen LogP contribution in [0.25, 0.3) is 16.7 Å². The number of halogens is 3. The first-order chi connectivity index (χ1) is 14.1. The zero-order valence-corrected chi connectivity index (χ0v) is 15.8. The summed E-state index contributed by atoms with van der Waals surface area (Å²) < 4.78 is 43.5. The zero-order chi connectivity index (χ0) is 21.6. The molecule has 0 spiro atoms. The minimum Gasteiger partial charge on any atom is -0.406 e. The van der Waals surface area contributed by atoms with Gasteiger partial charge in [0.15, 0.2) is 0 Å². The predicted octanol–water partition coefficient (Wildman–Crippen LogP) is 3.65. The van der Waals surface area contributed by atoms with E-state index in [1.807, 2.05) is 13.0 Å². The Morgan fingerprint density at radius 2 is 1.83 bits per heavy atom. The van der Waals surface area contributed by atoms with Crippen molar-refractivity contribution in [2.75, 3.05) is 5.32 Å². The summed E-state index contributed by atoms with van der Waals surface area (Å²) >= 11 is 0. The summed E-state index contributed by atoms with van der Waals surface area (Å²) in [4.78, 5) is 30.0. The van der Waals surface area contributed by atoms with Crippen LogP contribution in [0.4, 0.5) is 18.9 Å². The van der Waals surface area contributed by atoms with Crippen molar-refractivity contribution in [3.05, 3.63) is 70.3 Å². The monoisotopic (exact) mass is 416 g/mol. The largest absolute Gasteiger partial charge is 0.573 e. The van der Waals surface area contributed by atoms with Crippen LogP contribution in [0.3, 0.4) is 0 Å². The third-order valence-corrected chi connectivity index (χ3v) is 4.52. The van der Waals surface area contributed by atoms with E-state index >= 15 is 0 Å². The molecule has 10 heteroatoms.